The predicted molar refractivity (Wildman–Crippen MR) is 66.4 cm³/mol. The molecule has 0 aliphatic heterocycles. The zero-order valence-electron chi connectivity index (χ0n) is 10.4. The highest BCUT2D eigenvalue weighted by molar-refractivity contribution is 4.61. The quantitative estimate of drug-likeness (QED) is 0.413. The number of rotatable bonds is 10. The van der Waals surface area contributed by atoms with E-state index in [1.165, 1.54) is 64.2 Å². The van der Waals surface area contributed by atoms with Gasteiger partial charge in [-0.2, -0.15) is 0 Å². The Hall–Kier alpha value is 0. The Labute approximate surface area is 91.5 Å². The third kappa shape index (κ3) is 10.1. The van der Waals surface area contributed by atoms with Gasteiger partial charge in [-0.1, -0.05) is 85.0 Å². The molecule has 0 saturated carbocycles. The van der Waals surface area contributed by atoms with Gasteiger partial charge < -0.3 is 0 Å². The van der Waals surface area contributed by atoms with Gasteiger partial charge in [-0.05, 0) is 5.92 Å². The van der Waals surface area contributed by atoms with Crippen LogP contribution >= 0.6 is 0 Å². The Balaban J connectivity index is 3.06. The van der Waals surface area contributed by atoms with E-state index in [-0.39, 0.29) is 0 Å². The van der Waals surface area contributed by atoms with Gasteiger partial charge in [0.1, 0.15) is 0 Å². The minimum absolute atomic E-state index is 0.725. The molecule has 1 radical (unpaired) electrons. The fraction of sp³-hybridized carbons (Fsp3) is 0.929. The molecule has 0 aliphatic carbocycles. The van der Waals surface area contributed by atoms with Crippen molar-refractivity contribution in [3.63, 3.8) is 0 Å². The monoisotopic (exact) mass is 197 g/mol. The molecule has 0 heteroatoms. The minimum Gasteiger partial charge on any atom is -0.0654 e. The molecule has 0 amide bonds. The van der Waals surface area contributed by atoms with E-state index in [9.17, 15) is 0 Å². The fourth-order valence-electron chi connectivity index (χ4n) is 1.86. The molecule has 0 aromatic carbocycles. The van der Waals surface area contributed by atoms with E-state index in [0.29, 0.717) is 0 Å². The van der Waals surface area contributed by atoms with Crippen LogP contribution in [0.2, 0.25) is 0 Å². The molecule has 1 atom stereocenters. The summed E-state index contributed by atoms with van der Waals surface area (Å²) < 4.78 is 0. The highest BCUT2D eigenvalue weighted by atomic mass is 14.1. The van der Waals surface area contributed by atoms with Gasteiger partial charge in [0.05, 0.1) is 0 Å². The second-order valence-corrected chi connectivity index (χ2v) is 4.56. The zero-order valence-corrected chi connectivity index (χ0v) is 10.4. The fourth-order valence-corrected chi connectivity index (χ4v) is 1.86. The van der Waals surface area contributed by atoms with Crippen molar-refractivity contribution in [2.24, 2.45) is 5.92 Å². The SMILES string of the molecule is [CH2]C(CCCCC)CCCCCCC. The Morgan fingerprint density at radius 1 is 0.714 bits per heavy atom. The van der Waals surface area contributed by atoms with E-state index in [0.717, 1.165) is 5.92 Å². The molecule has 0 aromatic heterocycles. The van der Waals surface area contributed by atoms with Gasteiger partial charge in [-0.15, -0.1) is 0 Å². The topological polar surface area (TPSA) is 0 Å². The molecule has 85 valence electrons. The molecular weight excluding hydrogens is 168 g/mol. The van der Waals surface area contributed by atoms with Crippen LogP contribution < -0.4 is 0 Å². The Morgan fingerprint density at radius 3 is 1.71 bits per heavy atom. The van der Waals surface area contributed by atoms with Gasteiger partial charge in [0.15, 0.2) is 0 Å². The molecular formula is C14H29. The maximum atomic E-state index is 4.23. The van der Waals surface area contributed by atoms with E-state index < -0.39 is 0 Å². The van der Waals surface area contributed by atoms with Crippen LogP contribution in [0.3, 0.4) is 0 Å². The zero-order chi connectivity index (χ0) is 10.6. The Kier molecular flexibility index (Phi) is 11.1. The summed E-state index contributed by atoms with van der Waals surface area (Å²) in [6, 6.07) is 0. The molecule has 0 saturated heterocycles. The van der Waals surface area contributed by atoms with Gasteiger partial charge in [0, 0.05) is 0 Å². The second kappa shape index (κ2) is 11.1. The van der Waals surface area contributed by atoms with Crippen molar-refractivity contribution in [3.05, 3.63) is 6.92 Å². The third-order valence-corrected chi connectivity index (χ3v) is 2.93. The molecule has 0 aliphatic rings. The summed E-state index contributed by atoms with van der Waals surface area (Å²) in [5.41, 5.74) is 0. The van der Waals surface area contributed by atoms with Crippen LogP contribution in [-0.2, 0) is 0 Å². The molecule has 0 heterocycles. The van der Waals surface area contributed by atoms with Crippen molar-refractivity contribution < 1.29 is 0 Å². The average molecular weight is 197 g/mol. The summed E-state index contributed by atoms with van der Waals surface area (Å²) in [4.78, 5) is 0. The largest absolute Gasteiger partial charge is 0.0654 e. The van der Waals surface area contributed by atoms with Crippen LogP contribution in [0.25, 0.3) is 0 Å². The summed E-state index contributed by atoms with van der Waals surface area (Å²) in [5, 5.41) is 0. The summed E-state index contributed by atoms with van der Waals surface area (Å²) in [6.45, 7) is 8.77. The standard InChI is InChI=1S/C14H29/c1-4-6-8-9-11-13-14(3)12-10-7-5-2/h14H,3-13H2,1-2H3. The maximum Gasteiger partial charge on any atom is -0.0414 e. The van der Waals surface area contributed by atoms with Crippen molar-refractivity contribution in [1.82, 2.24) is 0 Å². The summed E-state index contributed by atoms with van der Waals surface area (Å²) in [6.07, 6.45) is 13.8. The lowest BCUT2D eigenvalue weighted by Crippen LogP contribution is -1.95. The van der Waals surface area contributed by atoms with E-state index in [1.54, 1.807) is 0 Å². The first kappa shape index (κ1) is 14.0. The predicted octanol–water partition coefficient (Wildman–Crippen LogP) is 5.38. The minimum atomic E-state index is 0.725. The van der Waals surface area contributed by atoms with Crippen LogP contribution in [0.5, 0.6) is 0 Å². The molecule has 0 N–H and O–H groups in total. The normalized spacial score (nSPS) is 13.1. The van der Waals surface area contributed by atoms with Crippen molar-refractivity contribution in [2.45, 2.75) is 78.1 Å². The van der Waals surface area contributed by atoms with Gasteiger partial charge in [0.25, 0.3) is 0 Å². The Morgan fingerprint density at radius 2 is 1.14 bits per heavy atom. The van der Waals surface area contributed by atoms with Gasteiger partial charge in [-0.3, -0.25) is 0 Å². The molecule has 0 fully saturated rings. The van der Waals surface area contributed by atoms with Crippen LogP contribution in [0.1, 0.15) is 78.1 Å². The van der Waals surface area contributed by atoms with E-state index in [4.69, 9.17) is 0 Å². The lowest BCUT2D eigenvalue weighted by atomic mass is 9.96. The average Bonchev–Trinajstić information content (AvgIpc) is 2.18. The summed E-state index contributed by atoms with van der Waals surface area (Å²) in [5.74, 6) is 0.725. The number of hydrogen-bond acceptors (Lipinski definition) is 0. The molecule has 0 bridgehead atoms. The molecule has 0 spiro atoms. The summed E-state index contributed by atoms with van der Waals surface area (Å²) >= 11 is 0. The molecule has 0 rings (SSSR count). The Bertz CT molecular complexity index is 96.2. The maximum absolute atomic E-state index is 4.23. The van der Waals surface area contributed by atoms with Crippen LogP contribution in [0, 0.1) is 12.8 Å². The van der Waals surface area contributed by atoms with Crippen LogP contribution in [-0.4, -0.2) is 0 Å². The van der Waals surface area contributed by atoms with Gasteiger partial charge in [-0.25, -0.2) is 0 Å². The first-order chi connectivity index (χ1) is 6.81. The van der Waals surface area contributed by atoms with Gasteiger partial charge in [0.2, 0.25) is 0 Å². The lowest BCUT2D eigenvalue weighted by Gasteiger charge is -2.10. The van der Waals surface area contributed by atoms with Crippen molar-refractivity contribution in [3.8, 4) is 0 Å². The highest BCUT2D eigenvalue weighted by Gasteiger charge is 2.01. The first-order valence-electron chi connectivity index (χ1n) is 6.64. The third-order valence-electron chi connectivity index (χ3n) is 2.93. The van der Waals surface area contributed by atoms with Crippen LogP contribution in [0.4, 0.5) is 0 Å². The van der Waals surface area contributed by atoms with Gasteiger partial charge >= 0.3 is 0 Å². The van der Waals surface area contributed by atoms with Crippen molar-refractivity contribution >= 4 is 0 Å². The first-order valence-corrected chi connectivity index (χ1v) is 6.64. The molecule has 1 unspecified atom stereocenters. The second-order valence-electron chi connectivity index (χ2n) is 4.56. The number of unbranched alkanes of at least 4 members (excludes halogenated alkanes) is 6. The smallest absolute Gasteiger partial charge is 0.0414 e. The van der Waals surface area contributed by atoms with E-state index in [1.807, 2.05) is 0 Å². The molecule has 14 heavy (non-hydrogen) atoms. The van der Waals surface area contributed by atoms with Crippen LogP contribution in [0.15, 0.2) is 0 Å². The van der Waals surface area contributed by atoms with E-state index in [2.05, 4.69) is 20.8 Å². The molecule has 0 aromatic rings. The number of hydrogen-bond donors (Lipinski definition) is 0. The van der Waals surface area contributed by atoms with Crippen molar-refractivity contribution in [2.75, 3.05) is 0 Å². The lowest BCUT2D eigenvalue weighted by molar-refractivity contribution is 0.472. The summed E-state index contributed by atoms with van der Waals surface area (Å²) in [7, 11) is 0. The molecule has 0 nitrogen and oxygen atoms in total. The highest BCUT2D eigenvalue weighted by Crippen LogP contribution is 2.16. The van der Waals surface area contributed by atoms with E-state index >= 15 is 0 Å². The van der Waals surface area contributed by atoms with Crippen molar-refractivity contribution in [1.29, 1.82) is 0 Å².